The van der Waals surface area contributed by atoms with Gasteiger partial charge in [0.25, 0.3) is 0 Å². The molecule has 3 aromatic rings. The quantitative estimate of drug-likeness (QED) is 0.121. The minimum Gasteiger partial charge on any atom is -0.496 e. The number of carbonyl (C=O) groups excluding carboxylic acids is 1. The number of ether oxygens (including phenoxy) is 1. The van der Waals surface area contributed by atoms with Gasteiger partial charge < -0.3 is 21.5 Å². The van der Waals surface area contributed by atoms with E-state index in [2.05, 4.69) is 38.1 Å². The van der Waals surface area contributed by atoms with Crippen LogP contribution < -0.4 is 32.4 Å². The number of rotatable bonds is 7. The van der Waals surface area contributed by atoms with E-state index in [1.54, 1.807) is 36.3 Å². The van der Waals surface area contributed by atoms with Crippen LogP contribution in [-0.2, 0) is 19.8 Å². The zero-order valence-corrected chi connectivity index (χ0v) is 25.8. The number of benzene rings is 2. The Morgan fingerprint density at radius 2 is 1.74 bits per heavy atom. The van der Waals surface area contributed by atoms with Crippen molar-refractivity contribution in [3.05, 3.63) is 76.2 Å². The average Bonchev–Trinajstić information content (AvgIpc) is 3.21. The predicted molar refractivity (Wildman–Crippen MR) is 164 cm³/mol. The molecule has 2 aromatic carbocycles. The molecule has 0 bridgehead atoms. The number of nitrogens with zero attached hydrogens (tertiary/aromatic N) is 3. The summed E-state index contributed by atoms with van der Waals surface area (Å²) < 4.78 is 44.6. The Bertz CT molecular complexity index is 1350. The maximum atomic E-state index is 12.7. The fourth-order valence-corrected chi connectivity index (χ4v) is 3.54. The molecule has 0 amide bonds. The number of aryl methyl sites for hydroxylation is 2. The summed E-state index contributed by atoms with van der Waals surface area (Å²) in [6.45, 7) is 12.9. The number of hydrogen-bond donors (Lipinski definition) is 4. The lowest BCUT2D eigenvalue weighted by atomic mass is 10.0. The molecule has 0 fully saturated rings. The summed E-state index contributed by atoms with van der Waals surface area (Å²) in [6.07, 6.45) is -0.358. The molecule has 0 aliphatic heterocycles. The van der Waals surface area contributed by atoms with Gasteiger partial charge in [-0.25, -0.2) is 5.84 Å². The number of aldehydes is 1. The van der Waals surface area contributed by atoms with Crippen LogP contribution in [0, 0.1) is 19.3 Å². The monoisotopic (exact) mass is 591 g/mol. The van der Waals surface area contributed by atoms with E-state index in [9.17, 15) is 18.0 Å². The van der Waals surface area contributed by atoms with E-state index >= 15 is 0 Å². The number of alkyl halides is 3. The third-order valence-corrected chi connectivity index (χ3v) is 5.54. The van der Waals surface area contributed by atoms with Crippen molar-refractivity contribution in [1.29, 1.82) is 0 Å². The number of halogens is 3. The standard InChI is InChI=1S/C15H19N5O.C10H13F3N2O.C5H12/c1-10-4-5-12(9-21)6-15(10)20(17)8-14(16)13-7-18-19(3)11(13)2;1-15-5-6-3-7(14)4-8(9(6)16-2)10(11,12)13;1-5(2,3)4/h4-9H,16-17H2,1-3H3;3-4,15H,5,14H2,1-2H3;1-4H3/b14-8-;;. The normalized spacial score (nSPS) is 11.6. The molecule has 0 spiro atoms. The average molecular weight is 592 g/mol. The molecule has 12 heteroatoms. The molecule has 0 saturated heterocycles. The largest absolute Gasteiger partial charge is 0.496 e. The number of carbonyl (C=O) groups is 1. The van der Waals surface area contributed by atoms with Gasteiger partial charge in [-0.3, -0.25) is 14.5 Å². The summed E-state index contributed by atoms with van der Waals surface area (Å²) in [4.78, 5) is 10.9. The van der Waals surface area contributed by atoms with Gasteiger partial charge in [-0.05, 0) is 50.1 Å². The van der Waals surface area contributed by atoms with Gasteiger partial charge >= 0.3 is 6.18 Å². The lowest BCUT2D eigenvalue weighted by Gasteiger charge is -2.18. The van der Waals surface area contributed by atoms with Crippen LogP contribution in [0.25, 0.3) is 5.70 Å². The second-order valence-electron chi connectivity index (χ2n) is 11.2. The van der Waals surface area contributed by atoms with Gasteiger partial charge in [0.1, 0.15) is 12.0 Å². The second kappa shape index (κ2) is 15.3. The third kappa shape index (κ3) is 11.1. The first-order valence-electron chi connectivity index (χ1n) is 13.1. The highest BCUT2D eigenvalue weighted by Crippen LogP contribution is 2.39. The molecule has 1 heterocycles. The Morgan fingerprint density at radius 1 is 1.14 bits per heavy atom. The van der Waals surface area contributed by atoms with Crippen molar-refractivity contribution in [3.63, 3.8) is 0 Å². The molecule has 9 nitrogen and oxygen atoms in total. The minimum absolute atomic E-state index is 0.0679. The molecule has 7 N–H and O–H groups in total. The lowest BCUT2D eigenvalue weighted by Crippen LogP contribution is -2.26. The van der Waals surface area contributed by atoms with E-state index in [-0.39, 0.29) is 18.0 Å². The van der Waals surface area contributed by atoms with Crippen LogP contribution in [0.5, 0.6) is 5.75 Å². The zero-order chi connectivity index (χ0) is 32.4. The summed E-state index contributed by atoms with van der Waals surface area (Å²) in [5, 5.41) is 8.33. The molecule has 232 valence electrons. The number of hydrazine groups is 1. The molecule has 0 radical (unpaired) electrons. The van der Waals surface area contributed by atoms with Gasteiger partial charge in [0.05, 0.1) is 30.3 Å². The Hall–Kier alpha value is -4.03. The number of nitrogens with one attached hydrogen (secondary N) is 1. The molecule has 0 saturated carbocycles. The van der Waals surface area contributed by atoms with Crippen molar-refractivity contribution in [2.75, 3.05) is 24.9 Å². The molecule has 42 heavy (non-hydrogen) atoms. The van der Waals surface area contributed by atoms with E-state index in [0.29, 0.717) is 22.2 Å². The predicted octanol–water partition coefficient (Wildman–Crippen LogP) is 5.55. The van der Waals surface area contributed by atoms with Gasteiger partial charge in [0.2, 0.25) is 0 Å². The summed E-state index contributed by atoms with van der Waals surface area (Å²) >= 11 is 0. The first-order valence-corrected chi connectivity index (χ1v) is 13.1. The Kier molecular flexibility index (Phi) is 13.1. The van der Waals surface area contributed by atoms with E-state index in [1.807, 2.05) is 27.0 Å². The molecular formula is C30H44F3N7O2. The fourth-order valence-electron chi connectivity index (χ4n) is 3.54. The molecule has 0 atom stereocenters. The molecule has 0 aliphatic carbocycles. The molecular weight excluding hydrogens is 547 g/mol. The van der Waals surface area contributed by atoms with Gasteiger partial charge in [0.15, 0.2) is 0 Å². The van der Waals surface area contributed by atoms with Crippen LogP contribution in [-0.4, -0.2) is 30.2 Å². The van der Waals surface area contributed by atoms with E-state index < -0.39 is 11.7 Å². The van der Waals surface area contributed by atoms with Crippen LogP contribution in [0.4, 0.5) is 24.5 Å². The van der Waals surface area contributed by atoms with Crippen molar-refractivity contribution in [2.45, 2.75) is 54.3 Å². The maximum Gasteiger partial charge on any atom is 0.420 e. The number of aromatic nitrogens is 2. The van der Waals surface area contributed by atoms with Crippen molar-refractivity contribution < 1.29 is 22.7 Å². The fraction of sp³-hybridized carbons (Fsp3) is 0.400. The SMILES string of the molecule is CC(C)(C)C.CNCc1cc(N)cc(C(F)(F)F)c1OC.Cc1ccc(C=O)cc1N(N)/C=C(\N)c1cnn(C)c1C. The van der Waals surface area contributed by atoms with Crippen molar-refractivity contribution >= 4 is 23.4 Å². The van der Waals surface area contributed by atoms with Gasteiger partial charge in [-0.1, -0.05) is 39.8 Å². The summed E-state index contributed by atoms with van der Waals surface area (Å²) in [5.74, 6) is 5.86. The zero-order valence-electron chi connectivity index (χ0n) is 25.8. The van der Waals surface area contributed by atoms with E-state index in [1.165, 1.54) is 18.2 Å². The van der Waals surface area contributed by atoms with Crippen LogP contribution in [0.2, 0.25) is 0 Å². The van der Waals surface area contributed by atoms with Gasteiger partial charge in [0, 0.05) is 47.9 Å². The van der Waals surface area contributed by atoms with Gasteiger partial charge in [-0.2, -0.15) is 18.3 Å². The van der Waals surface area contributed by atoms with Crippen LogP contribution in [0.3, 0.4) is 0 Å². The molecule has 3 rings (SSSR count). The highest BCUT2D eigenvalue weighted by Gasteiger charge is 2.35. The Labute approximate surface area is 246 Å². The Balaban J connectivity index is 0.000000372. The highest BCUT2D eigenvalue weighted by molar-refractivity contribution is 5.78. The number of hydrogen-bond acceptors (Lipinski definition) is 8. The number of nitrogens with two attached hydrogens (primary N) is 3. The van der Waals surface area contributed by atoms with Crippen molar-refractivity contribution in [1.82, 2.24) is 15.1 Å². The maximum absolute atomic E-state index is 12.7. The number of nitrogen functional groups attached to an aromatic ring is 1. The molecule has 0 aliphatic rings. The minimum atomic E-state index is -4.47. The van der Waals surface area contributed by atoms with Crippen molar-refractivity contribution in [2.24, 2.45) is 24.0 Å². The van der Waals surface area contributed by atoms with E-state index in [4.69, 9.17) is 22.0 Å². The van der Waals surface area contributed by atoms with Crippen LogP contribution >= 0.6 is 0 Å². The number of anilines is 2. The van der Waals surface area contributed by atoms with E-state index in [0.717, 1.165) is 34.9 Å². The summed E-state index contributed by atoms with van der Waals surface area (Å²) in [7, 11) is 4.69. The Morgan fingerprint density at radius 3 is 2.19 bits per heavy atom. The first kappa shape index (κ1) is 36.0. The van der Waals surface area contributed by atoms with Crippen LogP contribution in [0.1, 0.15) is 66.0 Å². The smallest absolute Gasteiger partial charge is 0.420 e. The third-order valence-electron chi connectivity index (χ3n) is 5.54. The van der Waals surface area contributed by atoms with Gasteiger partial charge in [-0.15, -0.1) is 0 Å². The van der Waals surface area contributed by atoms with Crippen LogP contribution in [0.15, 0.2) is 42.7 Å². The second-order valence-corrected chi connectivity index (χ2v) is 11.2. The summed E-state index contributed by atoms with van der Waals surface area (Å²) in [6, 6.07) is 7.65. The lowest BCUT2D eigenvalue weighted by molar-refractivity contribution is -0.138. The number of methoxy groups -OCH3 is 1. The first-order chi connectivity index (χ1) is 19.3. The molecule has 0 unspecified atom stereocenters. The highest BCUT2D eigenvalue weighted by atomic mass is 19.4. The molecule has 1 aromatic heterocycles. The van der Waals surface area contributed by atoms with Crippen molar-refractivity contribution in [3.8, 4) is 5.75 Å². The topological polar surface area (TPSA) is 137 Å². The summed E-state index contributed by atoms with van der Waals surface area (Å²) in [5.41, 5.74) is 16.2.